The van der Waals surface area contributed by atoms with Gasteiger partial charge in [-0.25, -0.2) is 0 Å². The lowest BCUT2D eigenvalue weighted by atomic mass is 9.66. The molecule has 4 aliphatic heterocycles. The monoisotopic (exact) mass is 837 g/mol. The zero-order valence-electron chi connectivity index (χ0n) is 34.4. The van der Waals surface area contributed by atoms with Gasteiger partial charge in [0.25, 0.3) is 0 Å². The lowest BCUT2D eigenvalue weighted by Crippen LogP contribution is -2.62. The van der Waals surface area contributed by atoms with Gasteiger partial charge in [0.1, 0.15) is 47.6 Å². The van der Waals surface area contributed by atoms with Crippen LogP contribution in [0.3, 0.4) is 0 Å². The molecule has 14 atom stereocenters. The molecule has 3 N–H and O–H groups in total. The number of hydrogen-bond acceptors (Lipinski definition) is 17. The summed E-state index contributed by atoms with van der Waals surface area (Å²) in [6.07, 6.45) is -7.58. The van der Waals surface area contributed by atoms with E-state index in [1.54, 1.807) is 13.8 Å². The Kier molecular flexibility index (Phi) is 11.3. The van der Waals surface area contributed by atoms with Gasteiger partial charge in [0, 0.05) is 54.8 Å². The molecular weight excluding hydrogens is 786 g/mol. The Hall–Kier alpha value is -4.17. The smallest absolute Gasteiger partial charge is 0.316 e. The maximum Gasteiger partial charge on any atom is 0.316 e. The lowest BCUT2D eigenvalue weighted by Gasteiger charge is -2.51. The predicted molar refractivity (Wildman–Crippen MR) is 204 cm³/mol. The molecule has 0 radical (unpaired) electrons. The molecule has 2 aromatic carbocycles. The van der Waals surface area contributed by atoms with Crippen LogP contribution in [0.5, 0.6) is 11.5 Å². The van der Waals surface area contributed by atoms with E-state index in [0.717, 1.165) is 7.11 Å². The number of nitrogens with zero attached hydrogens (tertiary/aromatic N) is 1. The van der Waals surface area contributed by atoms with Crippen LogP contribution in [-0.4, -0.2) is 144 Å². The number of ketones is 4. The van der Waals surface area contributed by atoms with Crippen molar-refractivity contribution in [3.8, 4) is 11.5 Å². The fourth-order valence-electron chi connectivity index (χ4n) is 9.97. The minimum atomic E-state index is -2.12. The van der Waals surface area contributed by atoms with E-state index in [2.05, 4.69) is 0 Å². The summed E-state index contributed by atoms with van der Waals surface area (Å²) in [6.45, 7) is 6.62. The molecule has 324 valence electrons. The molecule has 17 nitrogen and oxygen atoms in total. The summed E-state index contributed by atoms with van der Waals surface area (Å²) >= 11 is 0. The highest BCUT2D eigenvalue weighted by Gasteiger charge is 2.55. The number of carbonyl (C=O) groups excluding carboxylic acids is 5. The molecule has 0 spiro atoms. The fourth-order valence-corrected chi connectivity index (χ4v) is 9.97. The van der Waals surface area contributed by atoms with Crippen LogP contribution in [0.1, 0.15) is 115 Å². The van der Waals surface area contributed by atoms with Gasteiger partial charge in [-0.2, -0.15) is 0 Å². The molecule has 2 aliphatic carbocycles. The maximum absolute atomic E-state index is 14.0. The lowest BCUT2D eigenvalue weighted by molar-refractivity contribution is -0.371. The highest BCUT2D eigenvalue weighted by molar-refractivity contribution is 6.30. The first kappa shape index (κ1) is 42.5. The second-order valence-electron chi connectivity index (χ2n) is 17.1. The third-order valence-corrected chi connectivity index (χ3v) is 12.7. The normalized spacial score (nSPS) is 37.4. The van der Waals surface area contributed by atoms with Crippen molar-refractivity contribution in [1.82, 2.24) is 4.90 Å². The first-order valence-corrected chi connectivity index (χ1v) is 20.3. The number of esters is 1. The van der Waals surface area contributed by atoms with E-state index in [1.807, 2.05) is 25.9 Å². The minimum Gasteiger partial charge on any atom is -0.507 e. The van der Waals surface area contributed by atoms with Crippen molar-refractivity contribution in [3.63, 3.8) is 0 Å². The summed E-state index contributed by atoms with van der Waals surface area (Å²) in [5, 5.41) is 35.0. The van der Waals surface area contributed by atoms with E-state index < -0.39 is 132 Å². The topological polar surface area (TPSA) is 223 Å². The molecule has 0 unspecified atom stereocenters. The highest BCUT2D eigenvalue weighted by atomic mass is 16.8. The van der Waals surface area contributed by atoms with Gasteiger partial charge in [-0.15, -0.1) is 0 Å². The maximum atomic E-state index is 14.0. The molecular formula is C43H51NO16. The van der Waals surface area contributed by atoms with Gasteiger partial charge in [0.15, 0.2) is 30.4 Å². The molecule has 0 aromatic heterocycles. The van der Waals surface area contributed by atoms with Crippen LogP contribution >= 0.6 is 0 Å². The van der Waals surface area contributed by atoms with Gasteiger partial charge in [0.2, 0.25) is 5.78 Å². The average Bonchev–Trinajstić information content (AvgIpc) is 3.16. The van der Waals surface area contributed by atoms with E-state index in [4.69, 9.17) is 37.9 Å². The molecule has 4 fully saturated rings. The van der Waals surface area contributed by atoms with Crippen LogP contribution in [0, 0.1) is 0 Å². The Morgan fingerprint density at radius 2 is 1.60 bits per heavy atom. The first-order valence-electron chi connectivity index (χ1n) is 20.3. The molecule has 4 heterocycles. The molecule has 0 saturated carbocycles. The standard InChI is InChI=1S/C43H51NO16/c1-17(45)15-43(52)16-29(33-22(35(43)41(51)53-7)11-23-34(38(33)50)37(49)32-21(36(23)48)9-8-10-25(32)46)58-30-12-24(44(5)6)39(19(3)54-30)59-31-14-27-40(20(4)55-31)60-42-28(57-27)13-26(47)18(2)56-42/h8-11,18-20,24,27-31,35,39-40,42,46,50,52H,12-16H2,1-7H3/t18-,19-,20-,24-,27-,28-,29-,30-,31-,35-,39+,40+,42-,43+/m0/s1. The number of ether oxygens (including phenoxy) is 8. The number of carbonyl (C=O) groups is 5. The number of benzene rings is 2. The Morgan fingerprint density at radius 1 is 0.883 bits per heavy atom. The van der Waals surface area contributed by atoms with Crippen LogP contribution in [0.25, 0.3) is 0 Å². The number of fused-ring (bicyclic) bond motifs is 5. The zero-order chi connectivity index (χ0) is 43.1. The number of hydrogen-bond donors (Lipinski definition) is 3. The molecule has 4 saturated heterocycles. The number of phenols is 2. The fraction of sp³-hybridized carbons (Fsp3) is 0.605. The second kappa shape index (κ2) is 15.9. The minimum absolute atomic E-state index is 0.0575. The molecule has 17 heteroatoms. The van der Waals surface area contributed by atoms with E-state index in [0.29, 0.717) is 6.42 Å². The van der Waals surface area contributed by atoms with Crippen LogP contribution in [-0.2, 0) is 52.3 Å². The molecule has 8 rings (SSSR count). The number of aromatic hydroxyl groups is 2. The van der Waals surface area contributed by atoms with E-state index in [9.17, 15) is 39.3 Å². The first-order chi connectivity index (χ1) is 28.4. The van der Waals surface area contributed by atoms with Gasteiger partial charge in [-0.05, 0) is 59.5 Å². The molecule has 0 bridgehead atoms. The number of aliphatic hydroxyl groups is 1. The molecule has 6 aliphatic rings. The van der Waals surface area contributed by atoms with Crippen molar-refractivity contribution in [2.45, 2.75) is 145 Å². The number of Topliss-reactive ketones (excluding diaryl/α,β-unsaturated/α-hetero) is 2. The number of rotatable bonds is 8. The van der Waals surface area contributed by atoms with Gasteiger partial charge in [-0.1, -0.05) is 12.1 Å². The van der Waals surface area contributed by atoms with E-state index in [-0.39, 0.29) is 52.5 Å². The second-order valence-corrected chi connectivity index (χ2v) is 17.1. The van der Waals surface area contributed by atoms with Crippen molar-refractivity contribution in [1.29, 1.82) is 0 Å². The largest absolute Gasteiger partial charge is 0.507 e. The number of phenolic OH excluding ortho intramolecular Hbond substituents is 2. The summed E-state index contributed by atoms with van der Waals surface area (Å²) in [6, 6.07) is 4.93. The average molecular weight is 838 g/mol. The predicted octanol–water partition coefficient (Wildman–Crippen LogP) is 2.74. The van der Waals surface area contributed by atoms with Crippen molar-refractivity contribution < 1.29 is 77.2 Å². The number of methoxy groups -OCH3 is 1. The van der Waals surface area contributed by atoms with Crippen molar-refractivity contribution >= 4 is 29.1 Å². The Bertz CT molecular complexity index is 2100. The number of likely N-dealkylation sites (N-methyl/N-ethyl adjacent to an activating group) is 1. The van der Waals surface area contributed by atoms with Crippen molar-refractivity contribution in [2.24, 2.45) is 0 Å². The summed E-state index contributed by atoms with van der Waals surface area (Å²) in [5.41, 5.74) is -3.28. The van der Waals surface area contributed by atoms with Crippen LogP contribution < -0.4 is 0 Å². The van der Waals surface area contributed by atoms with Gasteiger partial charge >= 0.3 is 5.97 Å². The summed E-state index contributed by atoms with van der Waals surface area (Å²) in [7, 11) is 4.84. The quantitative estimate of drug-likeness (QED) is 0.278. The Labute approximate surface area is 346 Å². The molecule has 0 amide bonds. The van der Waals surface area contributed by atoms with E-state index >= 15 is 0 Å². The van der Waals surface area contributed by atoms with Crippen LogP contribution in [0.15, 0.2) is 24.3 Å². The Morgan fingerprint density at radius 3 is 2.30 bits per heavy atom. The third kappa shape index (κ3) is 7.26. The Balaban J connectivity index is 1.08. The molecule has 2 aromatic rings. The van der Waals surface area contributed by atoms with Crippen LogP contribution in [0.4, 0.5) is 0 Å². The zero-order valence-corrected chi connectivity index (χ0v) is 34.4. The molecule has 60 heavy (non-hydrogen) atoms. The summed E-state index contributed by atoms with van der Waals surface area (Å²) < 4.78 is 49.5. The summed E-state index contributed by atoms with van der Waals surface area (Å²) in [5.74, 6) is -5.67. The van der Waals surface area contributed by atoms with Gasteiger partial charge in [-0.3, -0.25) is 24.0 Å². The van der Waals surface area contributed by atoms with Gasteiger partial charge < -0.3 is 58.1 Å². The third-order valence-electron chi connectivity index (χ3n) is 12.7. The van der Waals surface area contributed by atoms with Gasteiger partial charge in [0.05, 0.1) is 48.3 Å². The van der Waals surface area contributed by atoms with Crippen LogP contribution in [0.2, 0.25) is 0 Å². The van der Waals surface area contributed by atoms with Crippen molar-refractivity contribution in [2.75, 3.05) is 21.2 Å². The SMILES string of the molecule is COC(=O)[C@@H]1c2cc3c(c(O)c2[C@@H](O[C@H]2C[C@H](N(C)C)[C@H](O[C@H]4C[C@@H]5O[C@H]6CC(=O)[C@H](C)O[C@H]6O[C@@H]5[C@H](C)O4)[C@H](C)O2)C[C@]1(O)CC(C)=O)C(=O)c1c(O)cccc1C3=O. The highest BCUT2D eigenvalue weighted by Crippen LogP contribution is 2.54. The van der Waals surface area contributed by atoms with E-state index in [1.165, 1.54) is 31.2 Å². The summed E-state index contributed by atoms with van der Waals surface area (Å²) in [4.78, 5) is 68.4. The van der Waals surface area contributed by atoms with Crippen molar-refractivity contribution in [3.05, 3.63) is 57.6 Å².